The summed E-state index contributed by atoms with van der Waals surface area (Å²) in [4.78, 5) is 23.2. The zero-order valence-electron chi connectivity index (χ0n) is 19.4. The van der Waals surface area contributed by atoms with Gasteiger partial charge in [-0.25, -0.2) is 4.98 Å². The Morgan fingerprint density at radius 3 is 2.72 bits per heavy atom. The van der Waals surface area contributed by atoms with Crippen LogP contribution in [0.1, 0.15) is 16.2 Å². The molecule has 1 aliphatic heterocycles. The number of carbonyl (C=O) groups excluding carboxylic acids is 1. The lowest BCUT2D eigenvalue weighted by Gasteiger charge is -2.40. The van der Waals surface area contributed by atoms with Gasteiger partial charge in [-0.05, 0) is 47.5 Å². The standard InChI is InChI=1S/C26H26N6O3S/c33-26(23-6-1-3-18(29-23)16-32-9-11-36(34,35)12-10-32)30-24-13-17(14-25-21(24)15-28-31-25)19-4-2-5-22-20(19)7-8-27-22/h1-8,13-15,27,34-35H,9-12,16H2,(H,28,31)(H,30,33). The van der Waals surface area contributed by atoms with E-state index in [0.717, 1.165) is 38.6 Å². The van der Waals surface area contributed by atoms with Gasteiger partial charge in [-0.3, -0.25) is 23.9 Å². The Morgan fingerprint density at radius 1 is 1.03 bits per heavy atom. The zero-order chi connectivity index (χ0) is 24.7. The summed E-state index contributed by atoms with van der Waals surface area (Å²) in [6.07, 6.45) is 3.62. The number of H-pyrrole nitrogens is 2. The second kappa shape index (κ2) is 9.07. The molecule has 0 saturated carbocycles. The van der Waals surface area contributed by atoms with Gasteiger partial charge in [0.1, 0.15) is 5.69 Å². The fourth-order valence-electron chi connectivity index (χ4n) is 4.68. The molecule has 1 fully saturated rings. The molecule has 184 valence electrons. The van der Waals surface area contributed by atoms with Crippen LogP contribution in [0.2, 0.25) is 0 Å². The second-order valence-electron chi connectivity index (χ2n) is 9.05. The molecule has 0 unspecified atom stereocenters. The molecular formula is C26H26N6O3S. The second-order valence-corrected chi connectivity index (χ2v) is 11.5. The third-order valence-corrected chi connectivity index (χ3v) is 8.28. The lowest BCUT2D eigenvalue weighted by Crippen LogP contribution is -2.38. The molecule has 2 aromatic carbocycles. The van der Waals surface area contributed by atoms with Gasteiger partial charge in [0.15, 0.2) is 0 Å². The third-order valence-electron chi connectivity index (χ3n) is 6.61. The summed E-state index contributed by atoms with van der Waals surface area (Å²) in [7, 11) is -2.45. The van der Waals surface area contributed by atoms with Gasteiger partial charge in [-0.1, -0.05) is 18.2 Å². The molecule has 3 aromatic heterocycles. The van der Waals surface area contributed by atoms with E-state index in [0.29, 0.717) is 42.5 Å². The topological polar surface area (TPSA) is 130 Å². The predicted molar refractivity (Wildman–Crippen MR) is 143 cm³/mol. The largest absolute Gasteiger partial charge is 0.361 e. The van der Waals surface area contributed by atoms with Crippen molar-refractivity contribution in [2.24, 2.45) is 0 Å². The molecule has 0 spiro atoms. The first-order chi connectivity index (χ1) is 17.4. The lowest BCUT2D eigenvalue weighted by molar-refractivity contribution is 0.102. The van der Waals surface area contributed by atoms with Crippen molar-refractivity contribution in [1.29, 1.82) is 0 Å². The number of pyridine rings is 1. The molecule has 36 heavy (non-hydrogen) atoms. The lowest BCUT2D eigenvalue weighted by atomic mass is 9.99. The van der Waals surface area contributed by atoms with Crippen molar-refractivity contribution in [2.75, 3.05) is 29.9 Å². The Morgan fingerprint density at radius 2 is 1.86 bits per heavy atom. The van der Waals surface area contributed by atoms with Crippen molar-refractivity contribution in [3.63, 3.8) is 0 Å². The van der Waals surface area contributed by atoms with Crippen LogP contribution < -0.4 is 5.32 Å². The molecule has 9 nitrogen and oxygen atoms in total. The monoisotopic (exact) mass is 502 g/mol. The van der Waals surface area contributed by atoms with Crippen LogP contribution in [0.5, 0.6) is 0 Å². The van der Waals surface area contributed by atoms with E-state index in [1.54, 1.807) is 12.3 Å². The molecule has 0 bridgehead atoms. The number of nitrogens with one attached hydrogen (secondary N) is 3. The number of fused-ring (bicyclic) bond motifs is 2. The number of hydrogen-bond donors (Lipinski definition) is 5. The maximum Gasteiger partial charge on any atom is 0.274 e. The number of aromatic nitrogens is 4. The van der Waals surface area contributed by atoms with Gasteiger partial charge in [0, 0.05) is 42.1 Å². The Labute approximate surface area is 208 Å². The van der Waals surface area contributed by atoms with Crippen LogP contribution in [0.25, 0.3) is 32.9 Å². The van der Waals surface area contributed by atoms with Crippen molar-refractivity contribution in [1.82, 2.24) is 25.1 Å². The van der Waals surface area contributed by atoms with E-state index in [1.165, 1.54) is 0 Å². The Kier molecular flexibility index (Phi) is 5.73. The average Bonchev–Trinajstić information content (AvgIpc) is 3.55. The minimum absolute atomic E-state index is 0.302. The van der Waals surface area contributed by atoms with Gasteiger partial charge in [0.25, 0.3) is 5.91 Å². The smallest absolute Gasteiger partial charge is 0.274 e. The number of benzene rings is 2. The fraction of sp³-hybridized carbons (Fsp3) is 0.192. The summed E-state index contributed by atoms with van der Waals surface area (Å²) in [5.74, 6) is 0.450. The first kappa shape index (κ1) is 22.7. The van der Waals surface area contributed by atoms with Gasteiger partial charge >= 0.3 is 0 Å². The maximum absolute atomic E-state index is 13.2. The highest BCUT2D eigenvalue weighted by atomic mass is 32.3. The highest BCUT2D eigenvalue weighted by Crippen LogP contribution is 2.40. The van der Waals surface area contributed by atoms with Gasteiger partial charge in [0.05, 0.1) is 34.6 Å². The van der Waals surface area contributed by atoms with Crippen molar-refractivity contribution in [3.05, 3.63) is 78.4 Å². The van der Waals surface area contributed by atoms with Gasteiger partial charge in [0.2, 0.25) is 0 Å². The SMILES string of the molecule is O=C(Nc1cc(-c2cccc3[nH]ccc23)cc2[nH]ncc12)c1cccc(CN2CCS(O)(O)CC2)n1. The van der Waals surface area contributed by atoms with Crippen molar-refractivity contribution >= 4 is 44.0 Å². The molecule has 1 saturated heterocycles. The van der Waals surface area contributed by atoms with Gasteiger partial charge in [-0.15, -0.1) is 0 Å². The predicted octanol–water partition coefficient (Wildman–Crippen LogP) is 4.92. The van der Waals surface area contributed by atoms with Crippen molar-refractivity contribution < 1.29 is 13.9 Å². The Balaban J connectivity index is 1.27. The number of nitrogens with zero attached hydrogens (tertiary/aromatic N) is 3. The quantitative estimate of drug-likeness (QED) is 0.232. The van der Waals surface area contributed by atoms with Crippen LogP contribution in [0.3, 0.4) is 0 Å². The van der Waals surface area contributed by atoms with E-state index in [2.05, 4.69) is 36.4 Å². The highest BCUT2D eigenvalue weighted by Gasteiger charge is 2.22. The van der Waals surface area contributed by atoms with Gasteiger partial charge in [-0.2, -0.15) is 15.7 Å². The molecular weight excluding hydrogens is 476 g/mol. The summed E-state index contributed by atoms with van der Waals surface area (Å²) >= 11 is 0. The molecule has 1 aliphatic rings. The first-order valence-corrected chi connectivity index (χ1v) is 13.6. The molecule has 5 N–H and O–H groups in total. The molecule has 0 atom stereocenters. The van der Waals surface area contributed by atoms with E-state index in [1.807, 2.05) is 48.7 Å². The van der Waals surface area contributed by atoms with Crippen molar-refractivity contribution in [3.8, 4) is 11.1 Å². The summed E-state index contributed by atoms with van der Waals surface area (Å²) in [5.41, 5.74) is 5.63. The van der Waals surface area contributed by atoms with Crippen LogP contribution in [0, 0.1) is 0 Å². The minimum Gasteiger partial charge on any atom is -0.361 e. The third kappa shape index (κ3) is 4.47. The van der Waals surface area contributed by atoms with E-state index < -0.39 is 10.6 Å². The van der Waals surface area contributed by atoms with Crippen molar-refractivity contribution in [2.45, 2.75) is 6.54 Å². The maximum atomic E-state index is 13.2. The number of rotatable bonds is 5. The zero-order valence-corrected chi connectivity index (χ0v) is 20.3. The summed E-state index contributed by atoms with van der Waals surface area (Å²) in [6.45, 7) is 1.75. The van der Waals surface area contributed by atoms with E-state index in [9.17, 15) is 13.9 Å². The average molecular weight is 503 g/mol. The highest BCUT2D eigenvalue weighted by molar-refractivity contribution is 8.24. The van der Waals surface area contributed by atoms with E-state index >= 15 is 0 Å². The minimum atomic E-state index is -2.45. The summed E-state index contributed by atoms with van der Waals surface area (Å²) < 4.78 is 19.7. The summed E-state index contributed by atoms with van der Waals surface area (Å²) in [5, 5.41) is 12.2. The van der Waals surface area contributed by atoms with E-state index in [-0.39, 0.29) is 5.91 Å². The van der Waals surface area contributed by atoms with E-state index in [4.69, 9.17) is 0 Å². The van der Waals surface area contributed by atoms with Crippen LogP contribution in [0.15, 0.2) is 67.0 Å². The number of anilines is 1. The molecule has 1 amide bonds. The van der Waals surface area contributed by atoms with Crippen LogP contribution in [-0.4, -0.2) is 64.7 Å². The van der Waals surface area contributed by atoms with Crippen LogP contribution >= 0.6 is 10.6 Å². The molecule has 10 heteroatoms. The van der Waals surface area contributed by atoms with Crippen LogP contribution in [-0.2, 0) is 6.54 Å². The number of carbonyl (C=O) groups is 1. The molecule has 6 rings (SSSR count). The number of amides is 1. The molecule has 5 aromatic rings. The Hall–Kier alpha value is -3.70. The van der Waals surface area contributed by atoms with Gasteiger partial charge < -0.3 is 10.3 Å². The number of aromatic amines is 2. The molecule has 4 heterocycles. The Bertz CT molecular complexity index is 1570. The molecule has 0 aliphatic carbocycles. The fourth-order valence-corrected chi connectivity index (χ4v) is 5.98. The van der Waals surface area contributed by atoms with Crippen LogP contribution in [0.4, 0.5) is 5.69 Å². The normalized spacial score (nSPS) is 16.8. The summed E-state index contributed by atoms with van der Waals surface area (Å²) in [6, 6.07) is 17.5. The number of hydrogen-bond acceptors (Lipinski definition) is 6. The first-order valence-electron chi connectivity index (χ1n) is 11.7. The molecule has 0 radical (unpaired) electrons.